The number of halogens is 1. The SMILES string of the molecule is COc1ccc(C2CCCN2CCNS(=O)(=O)c2ccc(Br)cc2)cc1. The van der Waals surface area contributed by atoms with E-state index in [2.05, 4.69) is 37.7 Å². The zero-order valence-corrected chi connectivity index (χ0v) is 17.1. The van der Waals surface area contributed by atoms with E-state index in [0.717, 1.165) is 29.6 Å². The lowest BCUT2D eigenvalue weighted by atomic mass is 10.0. The molecule has 0 bridgehead atoms. The van der Waals surface area contributed by atoms with Crippen molar-refractivity contribution in [2.45, 2.75) is 23.8 Å². The molecule has 1 fully saturated rings. The van der Waals surface area contributed by atoms with Crippen molar-refractivity contribution in [2.24, 2.45) is 0 Å². The first-order valence-corrected chi connectivity index (χ1v) is 10.9. The summed E-state index contributed by atoms with van der Waals surface area (Å²) in [7, 11) is -1.81. The van der Waals surface area contributed by atoms with Crippen molar-refractivity contribution in [3.63, 3.8) is 0 Å². The summed E-state index contributed by atoms with van der Waals surface area (Å²) in [6.07, 6.45) is 2.21. The molecule has 26 heavy (non-hydrogen) atoms. The standard InChI is InChI=1S/C19H23BrN2O3S/c1-25-17-8-4-15(5-9-17)19-3-2-13-22(19)14-12-21-26(23,24)18-10-6-16(20)7-11-18/h4-11,19,21H,2-3,12-14H2,1H3. The first kappa shape index (κ1) is 19.4. The van der Waals surface area contributed by atoms with Gasteiger partial charge in [-0.3, -0.25) is 4.90 Å². The van der Waals surface area contributed by atoms with E-state index in [9.17, 15) is 8.42 Å². The zero-order valence-electron chi connectivity index (χ0n) is 14.7. The maximum Gasteiger partial charge on any atom is 0.240 e. The Bertz CT molecular complexity index is 823. The Kier molecular flexibility index (Phi) is 6.34. The van der Waals surface area contributed by atoms with E-state index >= 15 is 0 Å². The number of likely N-dealkylation sites (tertiary alicyclic amines) is 1. The molecule has 2 aromatic rings. The number of nitrogens with zero attached hydrogens (tertiary/aromatic N) is 1. The van der Waals surface area contributed by atoms with Gasteiger partial charge in [0.1, 0.15) is 5.75 Å². The largest absolute Gasteiger partial charge is 0.497 e. The fourth-order valence-corrected chi connectivity index (χ4v) is 4.60. The third-order valence-electron chi connectivity index (χ3n) is 4.68. The van der Waals surface area contributed by atoms with Crippen molar-refractivity contribution in [3.8, 4) is 5.75 Å². The zero-order chi connectivity index (χ0) is 18.6. The van der Waals surface area contributed by atoms with Gasteiger partial charge < -0.3 is 4.74 Å². The van der Waals surface area contributed by atoms with Gasteiger partial charge in [0.2, 0.25) is 10.0 Å². The average molecular weight is 439 g/mol. The number of sulfonamides is 1. The predicted octanol–water partition coefficient (Wildman–Crippen LogP) is 3.57. The lowest BCUT2D eigenvalue weighted by Crippen LogP contribution is -2.34. The molecule has 0 saturated carbocycles. The van der Waals surface area contributed by atoms with Crippen LogP contribution in [0.5, 0.6) is 5.75 Å². The number of ether oxygens (including phenoxy) is 1. The fraction of sp³-hybridized carbons (Fsp3) is 0.368. The molecule has 0 amide bonds. The normalized spacial score (nSPS) is 18.2. The first-order valence-electron chi connectivity index (χ1n) is 8.63. The van der Waals surface area contributed by atoms with E-state index in [1.54, 1.807) is 31.4 Å². The second-order valence-electron chi connectivity index (χ2n) is 6.32. The van der Waals surface area contributed by atoms with E-state index in [1.165, 1.54) is 5.56 Å². The van der Waals surface area contributed by atoms with E-state index in [1.807, 2.05) is 12.1 Å². The van der Waals surface area contributed by atoms with Crippen LogP contribution in [0.15, 0.2) is 57.9 Å². The Hall–Kier alpha value is -1.41. The Balaban J connectivity index is 1.58. The quantitative estimate of drug-likeness (QED) is 0.717. The molecule has 0 spiro atoms. The summed E-state index contributed by atoms with van der Waals surface area (Å²) in [6.45, 7) is 2.06. The maximum atomic E-state index is 12.4. The number of methoxy groups -OCH3 is 1. The summed E-state index contributed by atoms with van der Waals surface area (Å²) < 4.78 is 33.5. The molecule has 0 aliphatic carbocycles. The lowest BCUT2D eigenvalue weighted by molar-refractivity contribution is 0.261. The van der Waals surface area contributed by atoms with Crippen LogP contribution in [-0.2, 0) is 10.0 Å². The summed E-state index contributed by atoms with van der Waals surface area (Å²) in [5, 5.41) is 0. The molecule has 0 aromatic heterocycles. The number of rotatable bonds is 7. The Morgan fingerprint density at radius 3 is 2.50 bits per heavy atom. The summed E-state index contributed by atoms with van der Waals surface area (Å²) in [4.78, 5) is 2.63. The molecule has 140 valence electrons. The highest BCUT2D eigenvalue weighted by Crippen LogP contribution is 2.32. The molecule has 1 saturated heterocycles. The van der Waals surface area contributed by atoms with Gasteiger partial charge in [-0.05, 0) is 61.3 Å². The molecule has 3 rings (SSSR count). The minimum absolute atomic E-state index is 0.286. The Morgan fingerprint density at radius 1 is 1.15 bits per heavy atom. The summed E-state index contributed by atoms with van der Waals surface area (Å²) >= 11 is 3.32. The minimum atomic E-state index is -3.47. The average Bonchev–Trinajstić information content (AvgIpc) is 3.10. The van der Waals surface area contributed by atoms with Crippen LogP contribution < -0.4 is 9.46 Å². The van der Waals surface area contributed by atoms with Crippen molar-refractivity contribution < 1.29 is 13.2 Å². The lowest BCUT2D eigenvalue weighted by Gasteiger charge is -2.25. The van der Waals surface area contributed by atoms with E-state index in [0.29, 0.717) is 19.1 Å². The Morgan fingerprint density at radius 2 is 1.85 bits per heavy atom. The van der Waals surface area contributed by atoms with Gasteiger partial charge in [-0.15, -0.1) is 0 Å². The molecule has 1 aliphatic rings. The van der Waals surface area contributed by atoms with Crippen LogP contribution in [-0.4, -0.2) is 40.1 Å². The van der Waals surface area contributed by atoms with Crippen LogP contribution in [0.4, 0.5) is 0 Å². The molecule has 1 aliphatic heterocycles. The molecular formula is C19H23BrN2O3S. The molecule has 1 N–H and O–H groups in total. The molecule has 7 heteroatoms. The Labute approximate surface area is 163 Å². The van der Waals surface area contributed by atoms with Crippen molar-refractivity contribution in [1.82, 2.24) is 9.62 Å². The van der Waals surface area contributed by atoms with Crippen molar-refractivity contribution in [2.75, 3.05) is 26.7 Å². The minimum Gasteiger partial charge on any atom is -0.497 e. The molecule has 0 radical (unpaired) electrons. The van der Waals surface area contributed by atoms with Gasteiger partial charge in [-0.25, -0.2) is 13.1 Å². The summed E-state index contributed by atoms with van der Waals surface area (Å²) in [6, 6.07) is 15.1. The fourth-order valence-electron chi connectivity index (χ4n) is 3.32. The summed E-state index contributed by atoms with van der Waals surface area (Å²) in [5.41, 5.74) is 1.25. The van der Waals surface area contributed by atoms with Crippen molar-refractivity contribution >= 4 is 26.0 Å². The van der Waals surface area contributed by atoms with Crippen LogP contribution in [0.25, 0.3) is 0 Å². The van der Waals surface area contributed by atoms with Crippen LogP contribution in [0, 0.1) is 0 Å². The van der Waals surface area contributed by atoms with Gasteiger partial charge in [0.15, 0.2) is 0 Å². The van der Waals surface area contributed by atoms with Gasteiger partial charge in [-0.1, -0.05) is 28.1 Å². The van der Waals surface area contributed by atoms with Gasteiger partial charge in [-0.2, -0.15) is 0 Å². The highest BCUT2D eigenvalue weighted by atomic mass is 79.9. The van der Waals surface area contributed by atoms with Crippen LogP contribution in [0.1, 0.15) is 24.4 Å². The molecule has 1 heterocycles. The molecule has 2 aromatic carbocycles. The van der Waals surface area contributed by atoms with Crippen LogP contribution in [0.3, 0.4) is 0 Å². The summed E-state index contributed by atoms with van der Waals surface area (Å²) in [5.74, 6) is 0.848. The van der Waals surface area contributed by atoms with Gasteiger partial charge in [0, 0.05) is 23.6 Å². The van der Waals surface area contributed by atoms with E-state index in [-0.39, 0.29) is 4.90 Å². The highest BCUT2D eigenvalue weighted by molar-refractivity contribution is 9.10. The third-order valence-corrected chi connectivity index (χ3v) is 6.68. The van der Waals surface area contributed by atoms with Gasteiger partial charge in [0.05, 0.1) is 12.0 Å². The van der Waals surface area contributed by atoms with Crippen LogP contribution >= 0.6 is 15.9 Å². The third kappa shape index (κ3) is 4.65. The van der Waals surface area contributed by atoms with Crippen LogP contribution in [0.2, 0.25) is 0 Å². The molecule has 5 nitrogen and oxygen atoms in total. The maximum absolute atomic E-state index is 12.4. The number of benzene rings is 2. The topological polar surface area (TPSA) is 58.6 Å². The van der Waals surface area contributed by atoms with E-state index in [4.69, 9.17) is 4.74 Å². The molecular weight excluding hydrogens is 416 g/mol. The highest BCUT2D eigenvalue weighted by Gasteiger charge is 2.26. The second kappa shape index (κ2) is 8.52. The monoisotopic (exact) mass is 438 g/mol. The first-order chi connectivity index (χ1) is 12.5. The number of hydrogen-bond acceptors (Lipinski definition) is 4. The molecule has 1 atom stereocenters. The van der Waals surface area contributed by atoms with Crippen molar-refractivity contribution in [1.29, 1.82) is 0 Å². The number of hydrogen-bond donors (Lipinski definition) is 1. The predicted molar refractivity (Wildman–Crippen MR) is 106 cm³/mol. The second-order valence-corrected chi connectivity index (χ2v) is 9.00. The number of nitrogens with one attached hydrogen (secondary N) is 1. The van der Waals surface area contributed by atoms with E-state index < -0.39 is 10.0 Å². The van der Waals surface area contributed by atoms with Gasteiger partial charge in [0.25, 0.3) is 0 Å². The van der Waals surface area contributed by atoms with Gasteiger partial charge >= 0.3 is 0 Å². The smallest absolute Gasteiger partial charge is 0.240 e. The van der Waals surface area contributed by atoms with Crippen molar-refractivity contribution in [3.05, 3.63) is 58.6 Å². The molecule has 1 unspecified atom stereocenters.